The first kappa shape index (κ1) is 22.6. The lowest BCUT2D eigenvalue weighted by Gasteiger charge is -2.24. The van der Waals surface area contributed by atoms with E-state index in [2.05, 4.69) is 0 Å². The molecule has 1 aromatic heterocycles. The molecule has 1 aliphatic heterocycles. The highest BCUT2D eigenvalue weighted by Gasteiger charge is 2.46. The maximum absolute atomic E-state index is 13.0. The van der Waals surface area contributed by atoms with E-state index in [0.717, 1.165) is 21.8 Å². The van der Waals surface area contributed by atoms with E-state index in [1.807, 2.05) is 43.5 Å². The number of thiophene rings is 1. The van der Waals surface area contributed by atoms with Crippen molar-refractivity contribution < 1.29 is 24.2 Å². The van der Waals surface area contributed by atoms with Crippen molar-refractivity contribution in [1.29, 1.82) is 0 Å². The highest BCUT2D eigenvalue weighted by Crippen LogP contribution is 2.41. The van der Waals surface area contributed by atoms with E-state index in [1.54, 1.807) is 37.4 Å². The van der Waals surface area contributed by atoms with Gasteiger partial charge in [0.05, 0.1) is 25.3 Å². The molecule has 2 aromatic carbocycles. The van der Waals surface area contributed by atoms with Crippen LogP contribution in [-0.2, 0) is 9.59 Å². The molecule has 6 nitrogen and oxygen atoms in total. The van der Waals surface area contributed by atoms with Gasteiger partial charge in [0.2, 0.25) is 0 Å². The van der Waals surface area contributed by atoms with Gasteiger partial charge >= 0.3 is 0 Å². The minimum Gasteiger partial charge on any atom is -0.507 e. The highest BCUT2D eigenvalue weighted by molar-refractivity contribution is 7.10. The number of aliphatic hydroxyl groups excluding tert-OH is 1. The molecule has 1 amide bonds. The summed E-state index contributed by atoms with van der Waals surface area (Å²) < 4.78 is 10.9. The zero-order chi connectivity index (χ0) is 23.5. The van der Waals surface area contributed by atoms with E-state index in [1.165, 1.54) is 16.2 Å². The van der Waals surface area contributed by atoms with Crippen molar-refractivity contribution in [2.24, 2.45) is 0 Å². The van der Waals surface area contributed by atoms with Gasteiger partial charge in [0, 0.05) is 10.4 Å². The Kier molecular flexibility index (Phi) is 6.51. The number of hydrogen-bond donors (Lipinski definition) is 1. The number of carbonyl (C=O) groups excluding carboxylic acids is 2. The first-order valence-electron chi connectivity index (χ1n) is 10.6. The number of hydrogen-bond acceptors (Lipinski definition) is 6. The zero-order valence-electron chi connectivity index (χ0n) is 18.7. The standard InChI is InChI=1S/C26H25NO5S/c1-16-6-7-18(15-17(16)2)24(28)22-23(21-5-4-14-33-21)27(26(30)25(22)29)12-13-32-20-10-8-19(31-3)9-11-20/h4-11,14-15,23,28H,12-13H2,1-3H3/b24-22-. The summed E-state index contributed by atoms with van der Waals surface area (Å²) in [7, 11) is 1.59. The highest BCUT2D eigenvalue weighted by atomic mass is 32.1. The number of methoxy groups -OCH3 is 1. The van der Waals surface area contributed by atoms with Gasteiger partial charge in [-0.25, -0.2) is 0 Å². The van der Waals surface area contributed by atoms with Crippen LogP contribution in [0.1, 0.15) is 27.6 Å². The molecule has 170 valence electrons. The number of nitrogens with zero attached hydrogens (tertiary/aromatic N) is 1. The van der Waals surface area contributed by atoms with E-state index >= 15 is 0 Å². The predicted octanol–water partition coefficient (Wildman–Crippen LogP) is 4.87. The normalized spacial score (nSPS) is 17.4. The summed E-state index contributed by atoms with van der Waals surface area (Å²) in [6, 6.07) is 15.7. The molecule has 1 saturated heterocycles. The van der Waals surface area contributed by atoms with Gasteiger partial charge in [-0.2, -0.15) is 0 Å². The Morgan fingerprint density at radius 3 is 2.39 bits per heavy atom. The average Bonchev–Trinajstić information content (AvgIpc) is 3.43. The minimum atomic E-state index is -0.687. The van der Waals surface area contributed by atoms with Crippen LogP contribution in [0.4, 0.5) is 0 Å². The molecule has 33 heavy (non-hydrogen) atoms. The molecule has 0 radical (unpaired) electrons. The number of carbonyl (C=O) groups is 2. The van der Waals surface area contributed by atoms with Crippen LogP contribution in [0.3, 0.4) is 0 Å². The van der Waals surface area contributed by atoms with Gasteiger partial charge in [0.1, 0.15) is 23.9 Å². The smallest absolute Gasteiger partial charge is 0.295 e. The number of amides is 1. The van der Waals surface area contributed by atoms with Crippen LogP contribution in [0.15, 0.2) is 65.6 Å². The lowest BCUT2D eigenvalue weighted by atomic mass is 9.98. The van der Waals surface area contributed by atoms with E-state index in [-0.39, 0.29) is 24.5 Å². The van der Waals surface area contributed by atoms with Crippen LogP contribution >= 0.6 is 11.3 Å². The lowest BCUT2D eigenvalue weighted by molar-refractivity contribution is -0.140. The van der Waals surface area contributed by atoms with Crippen molar-refractivity contribution >= 4 is 28.8 Å². The van der Waals surface area contributed by atoms with Gasteiger partial charge in [-0.15, -0.1) is 11.3 Å². The monoisotopic (exact) mass is 463 g/mol. The summed E-state index contributed by atoms with van der Waals surface area (Å²) in [5, 5.41) is 13.0. The molecule has 4 rings (SSSR count). The van der Waals surface area contributed by atoms with E-state index in [4.69, 9.17) is 9.47 Å². The molecule has 7 heteroatoms. The van der Waals surface area contributed by atoms with Crippen LogP contribution < -0.4 is 9.47 Å². The van der Waals surface area contributed by atoms with Crippen LogP contribution in [0.25, 0.3) is 5.76 Å². The molecule has 1 fully saturated rings. The molecule has 0 aliphatic carbocycles. The number of ketones is 1. The van der Waals surface area contributed by atoms with E-state index in [9.17, 15) is 14.7 Å². The van der Waals surface area contributed by atoms with Crippen molar-refractivity contribution in [2.75, 3.05) is 20.3 Å². The third-order valence-electron chi connectivity index (χ3n) is 5.79. The number of likely N-dealkylation sites (tertiary alicyclic amines) is 1. The number of aliphatic hydroxyl groups is 1. The van der Waals surface area contributed by atoms with E-state index < -0.39 is 17.7 Å². The Bertz CT molecular complexity index is 1200. The van der Waals surface area contributed by atoms with Crippen molar-refractivity contribution in [3.63, 3.8) is 0 Å². The fourth-order valence-corrected chi connectivity index (χ4v) is 4.68. The van der Waals surface area contributed by atoms with E-state index in [0.29, 0.717) is 11.3 Å². The molecule has 1 aliphatic rings. The summed E-state index contributed by atoms with van der Waals surface area (Å²) >= 11 is 1.44. The summed E-state index contributed by atoms with van der Waals surface area (Å²) in [5.74, 6) is -0.133. The summed E-state index contributed by atoms with van der Waals surface area (Å²) in [6.45, 7) is 4.32. The molecule has 1 unspecified atom stereocenters. The molecule has 1 N–H and O–H groups in total. The van der Waals surface area contributed by atoms with Gasteiger partial charge < -0.3 is 19.5 Å². The third-order valence-corrected chi connectivity index (χ3v) is 6.72. The topological polar surface area (TPSA) is 76.1 Å². The van der Waals surface area contributed by atoms with Crippen LogP contribution in [0.2, 0.25) is 0 Å². The van der Waals surface area contributed by atoms with Crippen molar-refractivity contribution in [3.05, 3.63) is 87.1 Å². The second kappa shape index (κ2) is 9.50. The minimum absolute atomic E-state index is 0.107. The SMILES string of the molecule is COc1ccc(OCCN2C(=O)C(=O)/C(=C(\O)c3ccc(C)c(C)c3)C2c2cccs2)cc1. The predicted molar refractivity (Wildman–Crippen MR) is 128 cm³/mol. The maximum Gasteiger partial charge on any atom is 0.295 e. The molecule has 0 saturated carbocycles. The Morgan fingerprint density at radius 1 is 1.03 bits per heavy atom. The van der Waals surface area contributed by atoms with Gasteiger partial charge in [0.15, 0.2) is 0 Å². The van der Waals surface area contributed by atoms with Gasteiger partial charge in [0.25, 0.3) is 11.7 Å². The maximum atomic E-state index is 13.0. The van der Waals surface area contributed by atoms with Gasteiger partial charge in [-0.05, 0) is 66.8 Å². The number of aryl methyl sites for hydroxylation is 2. The Labute approximate surface area is 196 Å². The van der Waals surface area contributed by atoms with Crippen molar-refractivity contribution in [2.45, 2.75) is 19.9 Å². The summed E-state index contributed by atoms with van der Waals surface area (Å²) in [4.78, 5) is 28.3. The number of Topliss-reactive ketones (excluding diaryl/α,β-unsaturated/α-hetero) is 1. The summed E-state index contributed by atoms with van der Waals surface area (Å²) in [5.41, 5.74) is 2.70. The molecule has 0 spiro atoms. The molecular formula is C26H25NO5S. The second-order valence-corrected chi connectivity index (χ2v) is 8.81. The molecule has 3 aromatic rings. The molecular weight excluding hydrogens is 438 g/mol. The Hall–Kier alpha value is -3.58. The van der Waals surface area contributed by atoms with Crippen molar-refractivity contribution in [1.82, 2.24) is 4.90 Å². The molecule has 0 bridgehead atoms. The fraction of sp³-hybridized carbons (Fsp3) is 0.231. The molecule has 1 atom stereocenters. The molecule has 2 heterocycles. The van der Waals surface area contributed by atoms with Gasteiger partial charge in [-0.1, -0.05) is 18.2 Å². The first-order valence-corrected chi connectivity index (χ1v) is 11.4. The fourth-order valence-electron chi connectivity index (χ4n) is 3.83. The van der Waals surface area contributed by atoms with Gasteiger partial charge in [-0.3, -0.25) is 9.59 Å². The Balaban J connectivity index is 1.63. The number of rotatable bonds is 7. The number of ether oxygens (including phenoxy) is 2. The van der Waals surface area contributed by atoms with Crippen LogP contribution in [-0.4, -0.2) is 42.0 Å². The second-order valence-electron chi connectivity index (χ2n) is 7.83. The quantitative estimate of drug-likeness (QED) is 0.307. The lowest BCUT2D eigenvalue weighted by Crippen LogP contribution is -2.33. The average molecular weight is 464 g/mol. The first-order chi connectivity index (χ1) is 15.9. The largest absolute Gasteiger partial charge is 0.507 e. The third kappa shape index (κ3) is 4.50. The number of benzene rings is 2. The summed E-state index contributed by atoms with van der Waals surface area (Å²) in [6.07, 6.45) is 0. The Morgan fingerprint density at radius 2 is 1.76 bits per heavy atom. The zero-order valence-corrected chi connectivity index (χ0v) is 19.5. The van der Waals surface area contributed by atoms with Crippen LogP contribution in [0.5, 0.6) is 11.5 Å². The van der Waals surface area contributed by atoms with Crippen molar-refractivity contribution in [3.8, 4) is 11.5 Å². The van der Waals surface area contributed by atoms with Crippen LogP contribution in [0, 0.1) is 13.8 Å².